The molecule has 0 spiro atoms. The molecule has 2 heterocycles. The summed E-state index contributed by atoms with van der Waals surface area (Å²) in [7, 11) is 0. The molecule has 24 heavy (non-hydrogen) atoms. The number of benzene rings is 1. The Labute approximate surface area is 141 Å². The average molecular weight is 329 g/mol. The fourth-order valence-corrected chi connectivity index (χ4v) is 2.72. The summed E-state index contributed by atoms with van der Waals surface area (Å²) >= 11 is 0. The molecule has 2 amide bonds. The van der Waals surface area contributed by atoms with Crippen molar-refractivity contribution in [2.24, 2.45) is 0 Å². The fraction of sp³-hybridized carbons (Fsp3) is 0.412. The van der Waals surface area contributed by atoms with Crippen molar-refractivity contribution in [2.75, 3.05) is 38.2 Å². The number of hydrogen-bond donors (Lipinski definition) is 2. The summed E-state index contributed by atoms with van der Waals surface area (Å²) in [5.41, 5.74) is 1.61. The monoisotopic (exact) mass is 329 g/mol. The second-order valence-corrected chi connectivity index (χ2v) is 5.92. The molecule has 7 heteroatoms. The van der Waals surface area contributed by atoms with Gasteiger partial charge in [0.2, 0.25) is 0 Å². The summed E-state index contributed by atoms with van der Waals surface area (Å²) in [4.78, 5) is 14.4. The van der Waals surface area contributed by atoms with Gasteiger partial charge in [0.25, 0.3) is 0 Å². The summed E-state index contributed by atoms with van der Waals surface area (Å²) in [6, 6.07) is 9.61. The van der Waals surface area contributed by atoms with Gasteiger partial charge in [-0.2, -0.15) is 5.10 Å². The maximum Gasteiger partial charge on any atom is 0.319 e. The molecular weight excluding hydrogens is 306 g/mol. The number of nitrogens with zero attached hydrogens (tertiary/aromatic N) is 3. The fourth-order valence-electron chi connectivity index (χ4n) is 2.72. The molecule has 7 nitrogen and oxygen atoms in total. The van der Waals surface area contributed by atoms with Crippen LogP contribution in [0.5, 0.6) is 0 Å². The number of rotatable bonds is 5. The van der Waals surface area contributed by atoms with E-state index in [9.17, 15) is 4.79 Å². The minimum absolute atomic E-state index is 0.0623. The first-order valence-corrected chi connectivity index (χ1v) is 8.18. The van der Waals surface area contributed by atoms with Crippen LogP contribution in [-0.4, -0.2) is 59.6 Å². The van der Waals surface area contributed by atoms with Crippen molar-refractivity contribution in [3.05, 3.63) is 42.7 Å². The number of ether oxygens (including phenoxy) is 1. The van der Waals surface area contributed by atoms with Crippen LogP contribution in [0.4, 0.5) is 10.5 Å². The lowest BCUT2D eigenvalue weighted by atomic mass is 10.3. The Kier molecular flexibility index (Phi) is 5.45. The predicted octanol–water partition coefficient (Wildman–Crippen LogP) is 1.71. The van der Waals surface area contributed by atoms with Crippen LogP contribution in [0.3, 0.4) is 0 Å². The van der Waals surface area contributed by atoms with E-state index in [0.717, 1.165) is 38.5 Å². The van der Waals surface area contributed by atoms with E-state index < -0.39 is 0 Å². The van der Waals surface area contributed by atoms with Crippen LogP contribution in [0.1, 0.15) is 6.92 Å². The maximum atomic E-state index is 12.1. The molecule has 0 aliphatic carbocycles. The van der Waals surface area contributed by atoms with Gasteiger partial charge in [-0.3, -0.25) is 4.90 Å². The highest BCUT2D eigenvalue weighted by Gasteiger charge is 2.15. The first-order valence-electron chi connectivity index (χ1n) is 8.18. The molecule has 3 rings (SSSR count). The molecule has 1 aliphatic rings. The lowest BCUT2D eigenvalue weighted by molar-refractivity contribution is 0.0350. The third kappa shape index (κ3) is 4.56. The number of urea groups is 1. The van der Waals surface area contributed by atoms with Crippen molar-refractivity contribution in [1.29, 1.82) is 0 Å². The number of morpholine rings is 1. The quantitative estimate of drug-likeness (QED) is 0.876. The summed E-state index contributed by atoms with van der Waals surface area (Å²) in [6.07, 6.45) is 3.43. The third-order valence-electron chi connectivity index (χ3n) is 3.87. The van der Waals surface area contributed by atoms with E-state index in [-0.39, 0.29) is 12.1 Å². The van der Waals surface area contributed by atoms with Gasteiger partial charge in [0.05, 0.1) is 37.0 Å². The number of aromatic nitrogens is 2. The second kappa shape index (κ2) is 7.94. The summed E-state index contributed by atoms with van der Waals surface area (Å²) in [6.45, 7) is 6.17. The van der Waals surface area contributed by atoms with Crippen molar-refractivity contribution < 1.29 is 9.53 Å². The lowest BCUT2D eigenvalue weighted by Gasteiger charge is -2.29. The van der Waals surface area contributed by atoms with Gasteiger partial charge in [-0.15, -0.1) is 0 Å². The number of carbonyl (C=O) groups is 1. The van der Waals surface area contributed by atoms with Crippen molar-refractivity contribution >= 4 is 11.7 Å². The molecular formula is C17H23N5O2. The molecule has 1 atom stereocenters. The average Bonchev–Trinajstić information content (AvgIpc) is 3.04. The van der Waals surface area contributed by atoms with Crippen LogP contribution in [0, 0.1) is 0 Å². The SMILES string of the molecule is C[C@@H](CN1CCOCC1)NC(=O)Nc1cnn(-c2ccccc2)c1. The normalized spacial score (nSPS) is 16.5. The number of para-hydroxylation sites is 1. The van der Waals surface area contributed by atoms with E-state index in [0.29, 0.717) is 5.69 Å². The van der Waals surface area contributed by atoms with E-state index in [2.05, 4.69) is 20.6 Å². The molecule has 1 aromatic heterocycles. The smallest absolute Gasteiger partial charge is 0.319 e. The Morgan fingerprint density at radius 3 is 2.79 bits per heavy atom. The highest BCUT2D eigenvalue weighted by atomic mass is 16.5. The second-order valence-electron chi connectivity index (χ2n) is 5.92. The van der Waals surface area contributed by atoms with Crippen LogP contribution in [0.25, 0.3) is 5.69 Å². The van der Waals surface area contributed by atoms with Gasteiger partial charge in [0.15, 0.2) is 0 Å². The number of anilines is 1. The summed E-state index contributed by atoms with van der Waals surface area (Å²) in [5, 5.41) is 10.0. The minimum atomic E-state index is -0.219. The zero-order valence-corrected chi connectivity index (χ0v) is 13.8. The summed E-state index contributed by atoms with van der Waals surface area (Å²) < 4.78 is 7.06. The highest BCUT2D eigenvalue weighted by molar-refractivity contribution is 5.89. The number of hydrogen-bond acceptors (Lipinski definition) is 4. The van der Waals surface area contributed by atoms with Crippen molar-refractivity contribution in [1.82, 2.24) is 20.0 Å². The van der Waals surface area contributed by atoms with Crippen LogP contribution < -0.4 is 10.6 Å². The molecule has 2 N–H and O–H groups in total. The van der Waals surface area contributed by atoms with Gasteiger partial charge in [0.1, 0.15) is 0 Å². The largest absolute Gasteiger partial charge is 0.379 e. The first-order chi connectivity index (χ1) is 11.7. The molecule has 1 fully saturated rings. The molecule has 0 bridgehead atoms. The topological polar surface area (TPSA) is 71.4 Å². The van der Waals surface area contributed by atoms with Crippen molar-refractivity contribution in [2.45, 2.75) is 13.0 Å². The van der Waals surface area contributed by atoms with E-state index in [1.54, 1.807) is 17.1 Å². The van der Waals surface area contributed by atoms with Crippen LogP contribution >= 0.6 is 0 Å². The number of amides is 2. The maximum absolute atomic E-state index is 12.1. The van der Waals surface area contributed by atoms with Crippen molar-refractivity contribution in [3.8, 4) is 5.69 Å². The van der Waals surface area contributed by atoms with Crippen LogP contribution in [0.15, 0.2) is 42.7 Å². The van der Waals surface area contributed by atoms with Gasteiger partial charge in [0, 0.05) is 25.7 Å². The van der Waals surface area contributed by atoms with Gasteiger partial charge < -0.3 is 15.4 Å². The van der Waals surface area contributed by atoms with E-state index in [1.165, 1.54) is 0 Å². The third-order valence-corrected chi connectivity index (χ3v) is 3.87. The van der Waals surface area contributed by atoms with Crippen LogP contribution in [-0.2, 0) is 4.74 Å². The Balaban J connectivity index is 1.49. The van der Waals surface area contributed by atoms with E-state index >= 15 is 0 Å². The van der Waals surface area contributed by atoms with Gasteiger partial charge in [-0.05, 0) is 19.1 Å². The Bertz CT molecular complexity index is 652. The Morgan fingerprint density at radius 2 is 2.04 bits per heavy atom. The molecule has 0 saturated carbocycles. The predicted molar refractivity (Wildman–Crippen MR) is 92.4 cm³/mol. The number of carbonyl (C=O) groups excluding carboxylic acids is 1. The molecule has 0 radical (unpaired) electrons. The Morgan fingerprint density at radius 1 is 1.29 bits per heavy atom. The summed E-state index contributed by atoms with van der Waals surface area (Å²) in [5.74, 6) is 0. The van der Waals surface area contributed by atoms with E-state index in [1.807, 2.05) is 37.3 Å². The molecule has 1 aromatic carbocycles. The van der Waals surface area contributed by atoms with Gasteiger partial charge in [-0.1, -0.05) is 18.2 Å². The molecule has 0 unspecified atom stereocenters. The zero-order valence-electron chi connectivity index (χ0n) is 13.8. The number of nitrogens with one attached hydrogen (secondary N) is 2. The van der Waals surface area contributed by atoms with Crippen molar-refractivity contribution in [3.63, 3.8) is 0 Å². The zero-order chi connectivity index (χ0) is 16.8. The van der Waals surface area contributed by atoms with Gasteiger partial charge >= 0.3 is 6.03 Å². The first kappa shape index (κ1) is 16.5. The minimum Gasteiger partial charge on any atom is -0.379 e. The molecule has 1 aliphatic heterocycles. The van der Waals surface area contributed by atoms with E-state index in [4.69, 9.17) is 4.74 Å². The van der Waals surface area contributed by atoms with Gasteiger partial charge in [-0.25, -0.2) is 9.48 Å². The van der Waals surface area contributed by atoms with Crippen LogP contribution in [0.2, 0.25) is 0 Å². The molecule has 1 saturated heterocycles. The highest BCUT2D eigenvalue weighted by Crippen LogP contribution is 2.11. The Hall–Kier alpha value is -2.38. The lowest BCUT2D eigenvalue weighted by Crippen LogP contribution is -2.46. The molecule has 128 valence electrons. The standard InChI is InChI=1S/C17H23N5O2/c1-14(12-21-7-9-24-10-8-21)19-17(23)20-15-11-18-22(13-15)16-5-3-2-4-6-16/h2-6,11,13-14H,7-10,12H2,1H3,(H2,19,20,23)/t14-/m0/s1. The molecule has 2 aromatic rings.